The number of hydrogen-bond acceptors (Lipinski definition) is 23. The van der Waals surface area contributed by atoms with Crippen molar-refractivity contribution in [2.45, 2.75) is 99.2 Å². The number of para-hydroxylation sites is 8. The van der Waals surface area contributed by atoms with Gasteiger partial charge in [-0.2, -0.15) is 0 Å². The molecule has 16 aromatic rings. The van der Waals surface area contributed by atoms with E-state index in [-0.39, 0.29) is 93.4 Å². The summed E-state index contributed by atoms with van der Waals surface area (Å²) >= 11 is 39.2. The van der Waals surface area contributed by atoms with Crippen molar-refractivity contribution in [3.63, 3.8) is 0 Å². The first kappa shape index (κ1) is 111. The van der Waals surface area contributed by atoms with Crippen molar-refractivity contribution >= 4 is 246 Å². The molecular weight excluding hydrogens is 1950 g/mol. The summed E-state index contributed by atoms with van der Waals surface area (Å²) in [6.45, 7) is 26.7. The zero-order valence-electron chi connectivity index (χ0n) is 73.9. The Bertz CT molecular complexity index is 6080. The number of carboxylic acids is 1. The molecule has 8 aromatic heterocycles. The van der Waals surface area contributed by atoms with Crippen molar-refractivity contribution in [2.24, 2.45) is 0 Å². The zero-order valence-corrected chi connectivity index (χ0v) is 84.7. The van der Waals surface area contributed by atoms with Crippen LogP contribution in [0.15, 0.2) is 206 Å². The summed E-state index contributed by atoms with van der Waals surface area (Å²) in [7, 11) is 7.36. The third-order valence-corrected chi connectivity index (χ3v) is 23.2. The standard InChI is InChI=1S/C22H21ClN4O2.2C13H18N4.2C9H4Cl2O2.C8H4ClNO3.C7H7N3.C6H12ClN.C6H15N.CH4.Cl2OS.K.H2O/c23-16-7-8-19-15(13-16)14-20(29-19)21(28)25-22-24-17-5-1-2-6-18(17)27(22)12-11-26-9-3-4-10-26;2*14-13-15-11-5-1-2-6-12(11)17(13)10-9-16-7-3-4-8-16;2*10-6-1-2-7-5(3-6)4-8(13-7)9(11)12;9-4-1-2-6-5(3-4)10-7(13-6)8(11)12;8-7-9-5-3-1-2-4-6(5)10-7;7-3-6-8-4-1-2-5-8;1-4-7(5-2)6-3;;1-4(2)3;;/h1-2,5-8,13-14H,3-4,9-12H2,(H,24,25,28);2*1-2,5-6H,3-4,7-10H2,(H2,14,15);2*1-4H;1-3H,(H,11,12);1-4H,(H3,8,9,10);1-6H2;4-6H2,1-3H3;1H4;;;1H2/q;;;;;;;;;;;+1;/p-1. The number of anilines is 4. The average molecular weight is 2060 g/mol. The van der Waals surface area contributed by atoms with E-state index < -0.39 is 25.7 Å². The molecule has 0 spiro atoms. The van der Waals surface area contributed by atoms with E-state index in [0.717, 1.165) is 125 Å². The first-order valence-corrected chi connectivity index (χ1v) is 48.4. The Kier molecular flexibility index (Phi) is 46.7. The van der Waals surface area contributed by atoms with Crippen LogP contribution in [0.1, 0.15) is 122 Å². The molecule has 1 amide bonds. The first-order chi connectivity index (χ1) is 63.2. The molecule has 4 fully saturated rings. The second kappa shape index (κ2) is 56.4. The number of fused-ring (bicyclic) bond motifs is 8. The molecule has 0 bridgehead atoms. The average Bonchev–Trinajstić information content (AvgIpc) is 1.67. The van der Waals surface area contributed by atoms with E-state index >= 15 is 0 Å². The van der Waals surface area contributed by atoms with Crippen LogP contribution in [0.25, 0.3) is 88.1 Å². The number of hydrogen-bond donors (Lipinski definition) is 6. The number of benzene rings is 8. The summed E-state index contributed by atoms with van der Waals surface area (Å²) in [6.07, 6.45) is 10.6. The van der Waals surface area contributed by atoms with Crippen LogP contribution in [-0.2, 0) is 28.9 Å². The van der Waals surface area contributed by atoms with Crippen molar-refractivity contribution in [3.05, 3.63) is 231 Å². The zero-order chi connectivity index (χ0) is 93.5. The molecule has 0 radical (unpaired) electrons. The fourth-order valence-corrected chi connectivity index (χ4v) is 16.2. The molecule has 134 heavy (non-hydrogen) atoms. The number of carboxylic acid groups (broad SMARTS) is 1. The normalized spacial score (nSPS) is 13.5. The summed E-state index contributed by atoms with van der Waals surface area (Å²) in [6, 6.07) is 57.0. The van der Waals surface area contributed by atoms with E-state index in [2.05, 4.69) is 128 Å². The van der Waals surface area contributed by atoms with Gasteiger partial charge in [0.1, 0.15) is 22.3 Å². The van der Waals surface area contributed by atoms with Gasteiger partial charge < -0.3 is 88.6 Å². The molecule has 0 atom stereocenters. The number of halogens is 9. The Hall–Kier alpha value is -8.43. The number of nitrogens with one attached hydrogen (secondary N) is 2. The van der Waals surface area contributed by atoms with Crippen LogP contribution in [0.3, 0.4) is 0 Å². The Morgan fingerprint density at radius 1 is 0.440 bits per heavy atom. The second-order valence-corrected chi connectivity index (χ2v) is 35.8. The van der Waals surface area contributed by atoms with Crippen LogP contribution >= 0.6 is 103 Å². The molecule has 20 rings (SSSR count). The van der Waals surface area contributed by atoms with E-state index in [4.69, 9.17) is 125 Å². The van der Waals surface area contributed by atoms with Crippen molar-refractivity contribution in [1.29, 1.82) is 0 Å². The number of aromatic amines is 1. The molecule has 0 aliphatic carbocycles. The van der Waals surface area contributed by atoms with Crippen molar-refractivity contribution in [3.8, 4) is 0 Å². The van der Waals surface area contributed by atoms with Crippen molar-refractivity contribution in [2.75, 3.05) is 127 Å². The van der Waals surface area contributed by atoms with E-state index in [1.807, 2.05) is 84.9 Å². The smallest absolute Gasteiger partial charge is 0.870 e. The number of nitrogens with two attached hydrogens (primary N) is 3. The summed E-state index contributed by atoms with van der Waals surface area (Å²) < 4.78 is 36.3. The van der Waals surface area contributed by atoms with Gasteiger partial charge >= 0.3 is 63.2 Å². The fraction of sp³-hybridized carbons (Fsp3) is 0.330. The van der Waals surface area contributed by atoms with Crippen LogP contribution < -0.4 is 73.9 Å². The maximum atomic E-state index is 12.9. The maximum absolute atomic E-state index is 12.9. The molecule has 29 nitrogen and oxygen atoms in total. The Morgan fingerprint density at radius 3 is 1.16 bits per heavy atom. The number of carbonyl (C=O) groups is 4. The van der Waals surface area contributed by atoms with E-state index in [1.54, 1.807) is 91.0 Å². The number of alkyl halides is 1. The third kappa shape index (κ3) is 33.5. The first-order valence-electron chi connectivity index (χ1n) is 42.8. The second-order valence-electron chi connectivity index (χ2n) is 30.4. The number of amides is 1. The molecule has 10 N–H and O–H groups in total. The van der Waals surface area contributed by atoms with Gasteiger partial charge in [0.15, 0.2) is 28.8 Å². The van der Waals surface area contributed by atoms with Gasteiger partial charge in [-0.15, -0.1) is 11.6 Å². The number of rotatable bonds is 19. The quantitative estimate of drug-likeness (QED) is 0.0249. The van der Waals surface area contributed by atoms with Gasteiger partial charge in [-0.25, -0.2) is 33.9 Å². The van der Waals surface area contributed by atoms with E-state index in [1.165, 1.54) is 110 Å². The van der Waals surface area contributed by atoms with Gasteiger partial charge in [-0.3, -0.25) is 19.7 Å². The predicted molar refractivity (Wildman–Crippen MR) is 542 cm³/mol. The Labute approximate surface area is 865 Å². The molecule has 0 unspecified atom stereocenters. The predicted octanol–water partition coefficient (Wildman–Crippen LogP) is 19.6. The number of nitrogens with zero attached hydrogens (tertiary/aromatic N) is 13. The molecule has 8 aromatic carbocycles. The van der Waals surface area contributed by atoms with Crippen LogP contribution in [0.2, 0.25) is 20.1 Å². The number of likely N-dealkylation sites (tertiary alicyclic amines) is 4. The number of carbonyl (C=O) groups excluding carboxylic acids is 3. The van der Waals surface area contributed by atoms with Crippen LogP contribution in [0, 0.1) is 0 Å². The van der Waals surface area contributed by atoms with E-state index in [9.17, 15) is 19.2 Å². The third-order valence-electron chi connectivity index (χ3n) is 21.7. The maximum Gasteiger partial charge on any atom is 1.00 e. The molecule has 40 heteroatoms. The summed E-state index contributed by atoms with van der Waals surface area (Å²) in [5.74, 6) is 1.74. The molecule has 4 saturated heterocycles. The van der Waals surface area contributed by atoms with Crippen LogP contribution in [-0.4, -0.2) is 209 Å². The van der Waals surface area contributed by atoms with Gasteiger partial charge in [-0.05, 0) is 286 Å². The van der Waals surface area contributed by atoms with Crippen molar-refractivity contribution < 1.29 is 103 Å². The molecule has 4 aliphatic rings. The van der Waals surface area contributed by atoms with Crippen LogP contribution in [0.4, 0.5) is 23.8 Å². The molecule has 4 aliphatic heterocycles. The van der Waals surface area contributed by atoms with Crippen molar-refractivity contribution in [1.82, 2.24) is 68.1 Å². The van der Waals surface area contributed by atoms with Gasteiger partial charge in [0.05, 0.1) is 44.1 Å². The van der Waals surface area contributed by atoms with Gasteiger partial charge in [-0.1, -0.05) is 123 Å². The summed E-state index contributed by atoms with van der Waals surface area (Å²) in [5, 5.41) is 14.9. The number of aromatic nitrogens is 9. The SMILES string of the molecule is C.CCN(CC)CC.ClCCN1CCCC1.Nc1nc2ccccc2[nH]1.Nc1nc2ccccc2n1CCN1CCCC1.Nc1nc2ccccc2n1CCN1CCCC1.O=C(Cl)c1cc2cc(Cl)ccc2o1.O=C(Cl)c1cc2cc(Cl)ccc2o1.O=C(Nc1nc2ccccc2n1CCN1CCCC1)c1cc2cc(Cl)ccc2o1.O=C(O)c1nc2cc(Cl)ccc2o1.O=S(Cl)Cl.[K+].[OH-]. The largest absolute Gasteiger partial charge is 1.00 e. The van der Waals surface area contributed by atoms with Gasteiger partial charge in [0, 0.05) is 109 Å². The Balaban J connectivity index is 0.000000189. The number of imidazole rings is 4. The number of oxazole rings is 1. The minimum atomic E-state index is -1.67. The number of nitrogen functional groups attached to an aromatic ring is 3. The minimum Gasteiger partial charge on any atom is -0.870 e. The molecule has 0 saturated carbocycles. The van der Waals surface area contributed by atoms with Gasteiger partial charge in [0.2, 0.25) is 27.1 Å². The molecule has 710 valence electrons. The summed E-state index contributed by atoms with van der Waals surface area (Å²) in [4.78, 5) is 81.1. The fourth-order valence-electron chi connectivity index (χ4n) is 15.1. The van der Waals surface area contributed by atoms with Crippen LogP contribution in [0.5, 0.6) is 0 Å². The number of aromatic carboxylic acids is 1. The minimum absolute atomic E-state index is 0. The topological polar surface area (TPSA) is 389 Å². The van der Waals surface area contributed by atoms with E-state index in [0.29, 0.717) is 71.7 Å². The number of H-pyrrole nitrogens is 1. The molecular formula is C94H108Cl9KN18O11S. The monoisotopic (exact) mass is 2050 g/mol. The Morgan fingerprint density at radius 2 is 0.784 bits per heavy atom. The summed E-state index contributed by atoms with van der Waals surface area (Å²) in [5.41, 5.74) is 28.1. The number of furan rings is 3. The molecule has 12 heterocycles. The van der Waals surface area contributed by atoms with Gasteiger partial charge in [0.25, 0.3) is 16.4 Å².